The Kier molecular flexibility index (Phi) is 21.7. The van der Waals surface area contributed by atoms with Gasteiger partial charge in [0.05, 0.1) is 79.2 Å². The Balaban J connectivity index is 0.660. The van der Waals surface area contributed by atoms with Gasteiger partial charge in [-0.2, -0.15) is 0 Å². The van der Waals surface area contributed by atoms with Gasteiger partial charge < -0.3 is 60.5 Å². The second-order valence-corrected chi connectivity index (χ2v) is 23.5. The maximum Gasteiger partial charge on any atom is 0.343 e. The number of nitrogens with one attached hydrogen (secondary N) is 6. The van der Waals surface area contributed by atoms with Crippen molar-refractivity contribution in [2.75, 3.05) is 52.7 Å². The van der Waals surface area contributed by atoms with Gasteiger partial charge in [0.2, 0.25) is 47.3 Å². The number of aromatic nitrogens is 2. The second-order valence-electron chi connectivity index (χ2n) is 23.5. The lowest BCUT2D eigenvalue weighted by atomic mass is 9.74. The number of ether oxygens (including phenoxy) is 4. The number of carbonyl (C=O) groups is 10. The van der Waals surface area contributed by atoms with Crippen molar-refractivity contribution in [2.24, 2.45) is 11.3 Å². The van der Waals surface area contributed by atoms with E-state index in [1.165, 1.54) is 15.5 Å². The van der Waals surface area contributed by atoms with E-state index in [1.54, 1.807) is 64.1 Å². The summed E-state index contributed by atoms with van der Waals surface area (Å²) in [5.74, 6) is -7.14. The highest BCUT2D eigenvalue weighted by Gasteiger charge is 2.53. The third-order valence-electron chi connectivity index (χ3n) is 17.7. The van der Waals surface area contributed by atoms with Gasteiger partial charge in [0.25, 0.3) is 5.56 Å². The Bertz CT molecular complexity index is 3750. The summed E-state index contributed by atoms with van der Waals surface area (Å²) >= 11 is 0. The molecule has 488 valence electrons. The number of likely N-dealkylation sites (tertiary alicyclic amines) is 1. The molecule has 5 aromatic rings. The van der Waals surface area contributed by atoms with E-state index in [0.29, 0.717) is 83.1 Å². The van der Waals surface area contributed by atoms with Crippen LogP contribution in [0.4, 0.5) is 4.39 Å². The number of unbranched alkanes of at least 4 members (excludes halogenated alkanes) is 2. The maximum absolute atomic E-state index is 15.4. The topological polar surface area (TPSA) is 338 Å². The summed E-state index contributed by atoms with van der Waals surface area (Å²) in [4.78, 5) is 150. The molecule has 1 fully saturated rings. The van der Waals surface area contributed by atoms with Crippen molar-refractivity contribution in [1.82, 2.24) is 46.4 Å². The van der Waals surface area contributed by atoms with Crippen LogP contribution in [0.1, 0.15) is 123 Å². The number of esters is 2. The normalized spacial score (nSPS) is 17.9. The number of carbonyl (C=O) groups excluding carboxylic acids is 10. The van der Waals surface area contributed by atoms with Gasteiger partial charge in [-0.25, -0.2) is 14.2 Å². The molecular formula is C66H76FN9O16. The summed E-state index contributed by atoms with van der Waals surface area (Å²) in [5.41, 5.74) is 1.65. The van der Waals surface area contributed by atoms with Gasteiger partial charge in [0.1, 0.15) is 38.4 Å². The fourth-order valence-corrected chi connectivity index (χ4v) is 12.2. The minimum Gasteiger partial charge on any atom is -0.460 e. The molecule has 1 aliphatic carbocycles. The number of fused-ring (bicyclic) bond motifs is 5. The lowest BCUT2D eigenvalue weighted by Crippen LogP contribution is -2.52. The van der Waals surface area contributed by atoms with Crippen LogP contribution in [-0.4, -0.2) is 138 Å². The van der Waals surface area contributed by atoms with E-state index in [9.17, 15) is 57.8 Å². The minimum atomic E-state index is -2.05. The lowest BCUT2D eigenvalue weighted by molar-refractivity contribution is -0.172. The lowest BCUT2D eigenvalue weighted by Gasteiger charge is -2.31. The first-order valence-electron chi connectivity index (χ1n) is 30.9. The molecule has 4 aliphatic rings. The highest BCUT2D eigenvalue weighted by molar-refractivity contribution is 6.06. The predicted octanol–water partition coefficient (Wildman–Crippen LogP) is 2.91. The Hall–Kier alpha value is -9.27. The van der Waals surface area contributed by atoms with Crippen LogP contribution in [-0.2, 0) is 105 Å². The molecule has 0 radical (unpaired) electrons. The summed E-state index contributed by atoms with van der Waals surface area (Å²) < 4.78 is 38.7. The maximum atomic E-state index is 15.4. The Morgan fingerprint density at radius 3 is 2.23 bits per heavy atom. The number of imide groups is 1. The number of halogens is 1. The highest BCUT2D eigenvalue weighted by Crippen LogP contribution is 2.46. The van der Waals surface area contributed by atoms with Crippen molar-refractivity contribution < 1.29 is 76.4 Å². The molecule has 92 heavy (non-hydrogen) atoms. The molecule has 26 heteroatoms. The average molecular weight is 1270 g/mol. The number of benzene rings is 3. The molecule has 25 nitrogen and oxygen atoms in total. The summed E-state index contributed by atoms with van der Waals surface area (Å²) in [6.45, 7) is 4.46. The van der Waals surface area contributed by atoms with Crippen molar-refractivity contribution in [2.45, 2.75) is 129 Å². The van der Waals surface area contributed by atoms with E-state index in [0.717, 1.165) is 11.1 Å². The zero-order valence-corrected chi connectivity index (χ0v) is 51.8. The summed E-state index contributed by atoms with van der Waals surface area (Å²) in [7, 11) is 0. The molecule has 0 bridgehead atoms. The number of amides is 8. The summed E-state index contributed by atoms with van der Waals surface area (Å²) in [6, 6.07) is 19.1. The fraction of sp³-hybridized carbons (Fsp3) is 0.455. The largest absolute Gasteiger partial charge is 0.460 e. The number of hydrogen-bond acceptors (Lipinski definition) is 17. The van der Waals surface area contributed by atoms with E-state index in [-0.39, 0.29) is 95.6 Å². The van der Waals surface area contributed by atoms with Crippen LogP contribution in [0.25, 0.3) is 22.3 Å². The third kappa shape index (κ3) is 15.0. The third-order valence-corrected chi connectivity index (χ3v) is 17.7. The highest BCUT2D eigenvalue weighted by atomic mass is 19.1. The summed E-state index contributed by atoms with van der Waals surface area (Å²) in [6.07, 6.45) is 2.36. The van der Waals surface area contributed by atoms with Crippen LogP contribution in [0.5, 0.6) is 0 Å². The number of cyclic esters (lactones) is 1. The molecule has 7 N–H and O–H groups in total. The van der Waals surface area contributed by atoms with Gasteiger partial charge in [-0.15, -0.1) is 0 Å². The number of pyridine rings is 2. The van der Waals surface area contributed by atoms with Gasteiger partial charge in [0, 0.05) is 48.4 Å². The molecule has 5 atom stereocenters. The van der Waals surface area contributed by atoms with Crippen molar-refractivity contribution in [3.63, 3.8) is 0 Å². The SMILES string of the molecule is CCC(C)(C(=O)OCc1ccccc1)C1CC(=O)N(CCCCCC(=O)NCC(=O)NCC(=O)N[C@@H](Cc2ccccc2)C(=O)NCC(=O)NCOCCOCC(=O)N[C@H]2CCc3c(C)c(F)cc4nc5c(c2c34)Cn2c-5cc3c(c2=O)COC(=O)[C@]3(O)CC)C1=O. The average Bonchev–Trinajstić information content (AvgIpc) is 1.47. The van der Waals surface area contributed by atoms with Crippen LogP contribution in [0.15, 0.2) is 77.6 Å². The van der Waals surface area contributed by atoms with E-state index in [2.05, 4.69) is 31.9 Å². The van der Waals surface area contributed by atoms with Gasteiger partial charge in [-0.3, -0.25) is 52.8 Å². The Morgan fingerprint density at radius 1 is 0.815 bits per heavy atom. The quantitative estimate of drug-likeness (QED) is 0.0148. The Morgan fingerprint density at radius 2 is 1.50 bits per heavy atom. The molecular weight excluding hydrogens is 1190 g/mol. The van der Waals surface area contributed by atoms with Crippen LogP contribution >= 0.6 is 0 Å². The molecule has 3 aromatic carbocycles. The molecule has 1 saturated heterocycles. The fourth-order valence-electron chi connectivity index (χ4n) is 12.2. The minimum absolute atomic E-state index is 0.0373. The van der Waals surface area contributed by atoms with Crippen molar-refractivity contribution in [3.05, 3.63) is 133 Å². The second kappa shape index (κ2) is 29.8. The van der Waals surface area contributed by atoms with Gasteiger partial charge in [-0.05, 0) is 86.3 Å². The number of hydrogen-bond donors (Lipinski definition) is 7. The number of nitrogens with zero attached hydrogens (tertiary/aromatic N) is 3. The Labute approximate surface area is 529 Å². The zero-order valence-electron chi connectivity index (χ0n) is 51.8. The van der Waals surface area contributed by atoms with E-state index >= 15 is 4.39 Å². The molecule has 8 amide bonds. The molecule has 0 saturated carbocycles. The van der Waals surface area contributed by atoms with Gasteiger partial charge >= 0.3 is 11.9 Å². The van der Waals surface area contributed by atoms with Crippen LogP contribution in [0, 0.1) is 24.1 Å². The molecule has 2 unspecified atom stereocenters. The molecule has 3 aliphatic heterocycles. The smallest absolute Gasteiger partial charge is 0.343 e. The molecule has 2 aromatic heterocycles. The van der Waals surface area contributed by atoms with E-state index < -0.39 is 113 Å². The van der Waals surface area contributed by atoms with Gasteiger partial charge in [0.15, 0.2) is 5.60 Å². The summed E-state index contributed by atoms with van der Waals surface area (Å²) in [5, 5.41) is 27.6. The zero-order chi connectivity index (χ0) is 65.9. The van der Waals surface area contributed by atoms with Crippen molar-refractivity contribution >= 4 is 70.1 Å². The van der Waals surface area contributed by atoms with Crippen LogP contribution < -0.4 is 37.5 Å². The van der Waals surface area contributed by atoms with Crippen LogP contribution in [0.2, 0.25) is 0 Å². The molecule has 0 spiro atoms. The number of aliphatic hydroxyl groups is 1. The monoisotopic (exact) mass is 1270 g/mol. The van der Waals surface area contributed by atoms with Gasteiger partial charge in [-0.1, -0.05) is 80.9 Å². The first kappa shape index (κ1) is 67.1. The molecule has 5 heterocycles. The predicted molar refractivity (Wildman–Crippen MR) is 327 cm³/mol. The number of rotatable bonds is 30. The van der Waals surface area contributed by atoms with Crippen molar-refractivity contribution in [1.29, 1.82) is 0 Å². The molecule has 9 rings (SSSR count). The van der Waals surface area contributed by atoms with Crippen molar-refractivity contribution in [3.8, 4) is 11.4 Å². The first-order valence-corrected chi connectivity index (χ1v) is 30.9. The number of aryl methyl sites for hydroxylation is 1. The van der Waals surface area contributed by atoms with E-state index in [4.69, 9.17) is 23.9 Å². The first-order chi connectivity index (χ1) is 44.1. The standard InChI is InChI=1S/C66H76FN9O16/c1-5-65(4,63(86)91-34-40-18-12-8-13-19-40)45-28-56(82)75(62(45)85)23-15-9-14-20-51(77)68-30-52(78)69-32-54(80)73-49(26-39-16-10-7-11-17-39)60(83)70-31-53(79)71-37-90-25-24-89-36-55(81)72-47-22-21-41-38(3)46(67)29-48-57(41)58(47)42-33-76-50(59(42)74-48)27-44-43(61(76)84)35-92-64(87)66(44,88)6-2/h7-8,10-13,16-19,27,29,45,47,49,88H,5-6,9,14-15,20-26,28,30-37H2,1-4H3,(H,68,77)(H,69,78)(H,70,83)(H,71,79)(H,72,81)(H,73,80)/t45?,47-,49-,65?,66-/m0/s1. The van der Waals surface area contributed by atoms with E-state index in [1.807, 2.05) is 30.3 Å². The van der Waals surface area contributed by atoms with Crippen LogP contribution in [0.3, 0.4) is 0 Å².